The largest absolute Gasteiger partial charge is 0.306 e. The normalized spacial score (nSPS) is 14.6. The van der Waals surface area contributed by atoms with Gasteiger partial charge in [-0.05, 0) is 53.8 Å². The van der Waals surface area contributed by atoms with Crippen LogP contribution in [-0.2, 0) is 0 Å². The molecule has 0 unspecified atom stereocenters. The second-order valence-corrected chi connectivity index (χ2v) is 6.57. The number of hydrogen-bond donors (Lipinski definition) is 1. The van der Waals surface area contributed by atoms with Gasteiger partial charge in [0.1, 0.15) is 5.82 Å². The molecule has 1 aromatic carbocycles. The predicted octanol–water partition coefficient (Wildman–Crippen LogP) is 3.64. The smallest absolute Gasteiger partial charge is 0.264 e. The molecule has 0 spiro atoms. The number of rotatable bonds is 3. The summed E-state index contributed by atoms with van der Waals surface area (Å²) in [5, 5.41) is 0. The second-order valence-electron chi connectivity index (χ2n) is 4.62. The maximum absolute atomic E-state index is 12.0. The Kier molecular flexibility index (Phi) is 3.66. The Balaban J connectivity index is 2.06. The molecule has 1 fully saturated rings. The third kappa shape index (κ3) is 2.72. The van der Waals surface area contributed by atoms with Gasteiger partial charge in [-0.1, -0.05) is 12.1 Å². The Hall–Kier alpha value is -0.820. The Morgan fingerprint density at radius 3 is 2.58 bits per heavy atom. The topological polar surface area (TPSA) is 45.8 Å². The van der Waals surface area contributed by atoms with Gasteiger partial charge in [0.2, 0.25) is 0 Å². The van der Waals surface area contributed by atoms with Gasteiger partial charge in [-0.15, -0.1) is 11.8 Å². The molecule has 19 heavy (non-hydrogen) atoms. The Labute approximate surface area is 129 Å². The first-order chi connectivity index (χ1) is 9.19. The first kappa shape index (κ1) is 13.2. The van der Waals surface area contributed by atoms with Crippen LogP contribution in [0.4, 0.5) is 0 Å². The first-order valence-electron chi connectivity index (χ1n) is 6.13. The summed E-state index contributed by atoms with van der Waals surface area (Å²) in [4.78, 5) is 20.7. The average Bonchev–Trinajstić information content (AvgIpc) is 3.26. The number of nitrogens with one attached hydrogen (secondary N) is 1. The summed E-state index contributed by atoms with van der Waals surface area (Å²) < 4.78 is 0.740. The lowest BCUT2D eigenvalue weighted by Gasteiger charge is -2.06. The monoisotopic (exact) mass is 384 g/mol. The van der Waals surface area contributed by atoms with E-state index in [-0.39, 0.29) is 5.56 Å². The van der Waals surface area contributed by atoms with Crippen molar-refractivity contribution in [3.63, 3.8) is 0 Å². The van der Waals surface area contributed by atoms with Crippen molar-refractivity contribution < 1.29 is 0 Å². The number of thioether (sulfide) groups is 1. The van der Waals surface area contributed by atoms with Crippen LogP contribution in [0.25, 0.3) is 11.4 Å². The first-order valence-corrected chi connectivity index (χ1v) is 8.43. The van der Waals surface area contributed by atoms with Crippen molar-refractivity contribution >= 4 is 34.4 Å². The van der Waals surface area contributed by atoms with Crippen molar-refractivity contribution in [1.29, 1.82) is 0 Å². The van der Waals surface area contributed by atoms with Crippen molar-refractivity contribution in [2.45, 2.75) is 23.7 Å². The average molecular weight is 384 g/mol. The van der Waals surface area contributed by atoms with Gasteiger partial charge in [-0.25, -0.2) is 4.98 Å². The molecule has 3 rings (SSSR count). The molecule has 0 bridgehead atoms. The van der Waals surface area contributed by atoms with E-state index in [2.05, 4.69) is 44.7 Å². The van der Waals surface area contributed by atoms with Crippen LogP contribution < -0.4 is 5.56 Å². The lowest BCUT2D eigenvalue weighted by molar-refractivity contribution is 0.958. The van der Waals surface area contributed by atoms with E-state index in [9.17, 15) is 4.79 Å². The van der Waals surface area contributed by atoms with E-state index in [1.807, 2.05) is 18.4 Å². The van der Waals surface area contributed by atoms with E-state index in [1.54, 1.807) is 11.8 Å². The molecular weight excluding hydrogens is 371 g/mol. The van der Waals surface area contributed by atoms with Crippen LogP contribution in [0.5, 0.6) is 0 Å². The number of benzene rings is 1. The van der Waals surface area contributed by atoms with Crippen molar-refractivity contribution in [3.8, 4) is 11.4 Å². The molecule has 1 N–H and O–H groups in total. The number of halogens is 1. The van der Waals surface area contributed by atoms with Crippen LogP contribution >= 0.6 is 34.4 Å². The minimum Gasteiger partial charge on any atom is -0.306 e. The molecule has 1 aromatic heterocycles. The molecule has 98 valence electrons. The van der Waals surface area contributed by atoms with Gasteiger partial charge >= 0.3 is 0 Å². The number of hydrogen-bond acceptors (Lipinski definition) is 3. The van der Waals surface area contributed by atoms with Crippen LogP contribution in [0.15, 0.2) is 34.0 Å². The summed E-state index contributed by atoms with van der Waals surface area (Å²) in [6.07, 6.45) is 4.35. The van der Waals surface area contributed by atoms with Crippen molar-refractivity contribution in [2.75, 3.05) is 6.26 Å². The van der Waals surface area contributed by atoms with Gasteiger partial charge in [0, 0.05) is 16.4 Å². The number of aromatic nitrogens is 2. The van der Waals surface area contributed by atoms with Gasteiger partial charge in [0.05, 0.1) is 9.26 Å². The molecule has 5 heteroatoms. The van der Waals surface area contributed by atoms with Crippen LogP contribution in [0.3, 0.4) is 0 Å². The molecule has 1 aliphatic carbocycles. The highest BCUT2D eigenvalue weighted by Crippen LogP contribution is 2.40. The SMILES string of the molecule is CSc1ccc(-c2nc(C3CC3)c(I)c(=O)[nH]2)cc1. The Morgan fingerprint density at radius 2 is 2.00 bits per heavy atom. The van der Waals surface area contributed by atoms with Crippen LogP contribution in [0, 0.1) is 3.57 Å². The van der Waals surface area contributed by atoms with Gasteiger partial charge < -0.3 is 4.98 Å². The summed E-state index contributed by atoms with van der Waals surface area (Å²) >= 11 is 3.80. The minimum atomic E-state index is -0.0264. The third-order valence-corrected chi connectivity index (χ3v) is 5.00. The highest BCUT2D eigenvalue weighted by atomic mass is 127. The summed E-state index contributed by atoms with van der Waals surface area (Å²) in [5.41, 5.74) is 1.91. The van der Waals surface area contributed by atoms with Crippen molar-refractivity contribution in [3.05, 3.63) is 43.9 Å². The molecule has 2 aromatic rings. The fraction of sp³-hybridized carbons (Fsp3) is 0.286. The Morgan fingerprint density at radius 1 is 1.32 bits per heavy atom. The molecule has 3 nitrogen and oxygen atoms in total. The summed E-state index contributed by atoms with van der Waals surface area (Å²) in [5.74, 6) is 1.17. The van der Waals surface area contributed by atoms with Gasteiger partial charge in [-0.2, -0.15) is 0 Å². The third-order valence-electron chi connectivity index (χ3n) is 3.22. The van der Waals surface area contributed by atoms with E-state index in [0.29, 0.717) is 11.7 Å². The van der Waals surface area contributed by atoms with Gasteiger partial charge in [-0.3, -0.25) is 4.79 Å². The molecule has 0 amide bonds. The molecule has 0 saturated heterocycles. The zero-order chi connectivity index (χ0) is 13.4. The number of aromatic amines is 1. The van der Waals surface area contributed by atoms with E-state index >= 15 is 0 Å². The van der Waals surface area contributed by atoms with Gasteiger partial charge in [0.25, 0.3) is 5.56 Å². The lowest BCUT2D eigenvalue weighted by atomic mass is 10.2. The van der Waals surface area contributed by atoms with E-state index < -0.39 is 0 Å². The Bertz CT molecular complexity index is 662. The van der Waals surface area contributed by atoms with E-state index in [0.717, 1.165) is 27.7 Å². The summed E-state index contributed by atoms with van der Waals surface area (Å²) in [7, 11) is 0. The zero-order valence-corrected chi connectivity index (χ0v) is 13.4. The lowest BCUT2D eigenvalue weighted by Crippen LogP contribution is -2.15. The molecule has 0 radical (unpaired) electrons. The minimum absolute atomic E-state index is 0.0264. The van der Waals surface area contributed by atoms with E-state index in [1.165, 1.54) is 4.90 Å². The van der Waals surface area contributed by atoms with Crippen LogP contribution in [0.2, 0.25) is 0 Å². The van der Waals surface area contributed by atoms with Crippen LogP contribution in [-0.4, -0.2) is 16.2 Å². The summed E-state index contributed by atoms with van der Waals surface area (Å²) in [6.45, 7) is 0. The highest BCUT2D eigenvalue weighted by molar-refractivity contribution is 14.1. The molecule has 1 aliphatic rings. The number of H-pyrrole nitrogens is 1. The summed E-state index contributed by atoms with van der Waals surface area (Å²) in [6, 6.07) is 8.12. The standard InChI is InChI=1S/C14H13IN2OS/c1-19-10-6-4-9(5-7-10)13-16-12(8-2-3-8)11(15)14(18)17-13/h4-8H,2-3H2,1H3,(H,16,17,18). The van der Waals surface area contributed by atoms with Crippen molar-refractivity contribution in [1.82, 2.24) is 9.97 Å². The fourth-order valence-electron chi connectivity index (χ4n) is 1.99. The van der Waals surface area contributed by atoms with Crippen LogP contribution in [0.1, 0.15) is 24.5 Å². The molecule has 1 saturated carbocycles. The maximum atomic E-state index is 12.0. The second kappa shape index (κ2) is 5.28. The predicted molar refractivity (Wildman–Crippen MR) is 86.8 cm³/mol. The van der Waals surface area contributed by atoms with E-state index in [4.69, 9.17) is 0 Å². The molecule has 0 atom stereocenters. The molecule has 1 heterocycles. The molecular formula is C14H13IN2OS. The number of nitrogens with zero attached hydrogens (tertiary/aromatic N) is 1. The fourth-order valence-corrected chi connectivity index (χ4v) is 3.09. The highest BCUT2D eigenvalue weighted by Gasteiger charge is 2.28. The van der Waals surface area contributed by atoms with Crippen molar-refractivity contribution in [2.24, 2.45) is 0 Å². The quantitative estimate of drug-likeness (QED) is 0.649. The maximum Gasteiger partial charge on any atom is 0.264 e. The molecule has 0 aliphatic heterocycles. The van der Waals surface area contributed by atoms with Gasteiger partial charge in [0.15, 0.2) is 0 Å². The zero-order valence-electron chi connectivity index (χ0n) is 10.4.